The fourth-order valence-corrected chi connectivity index (χ4v) is 4.34. The number of carbonyl (C=O) groups excluding carboxylic acids is 1. The summed E-state index contributed by atoms with van der Waals surface area (Å²) in [7, 11) is 1.62. The highest BCUT2D eigenvalue weighted by Crippen LogP contribution is 2.32. The van der Waals surface area contributed by atoms with E-state index < -0.39 is 0 Å². The standard InChI is InChI=1S/C24H25N3O3S/c1-29-17-8-10-18(11-9-17)30-13-12-25-24(28)27-16-21(23-7-4-14-31-23)20-15-26-22-6-3-2-5-19(20)22/h2-11,14-15,21,26H,12-13,16H2,1H3,(H2,25,27,28). The molecular formula is C24H25N3O3S. The molecule has 160 valence electrons. The minimum atomic E-state index is -0.209. The van der Waals surface area contributed by atoms with Crippen molar-refractivity contribution >= 4 is 28.3 Å². The fraction of sp³-hybridized carbons (Fsp3) is 0.208. The van der Waals surface area contributed by atoms with Crippen LogP contribution in [0.25, 0.3) is 10.9 Å². The fourth-order valence-electron chi connectivity index (χ4n) is 3.50. The van der Waals surface area contributed by atoms with Crippen molar-refractivity contribution in [1.82, 2.24) is 15.6 Å². The number of rotatable bonds is 9. The van der Waals surface area contributed by atoms with Crippen molar-refractivity contribution in [1.29, 1.82) is 0 Å². The zero-order valence-corrected chi connectivity index (χ0v) is 18.1. The lowest BCUT2D eigenvalue weighted by atomic mass is 9.97. The van der Waals surface area contributed by atoms with Crippen molar-refractivity contribution in [2.75, 3.05) is 26.8 Å². The first kappa shape index (κ1) is 20.8. The monoisotopic (exact) mass is 435 g/mol. The molecule has 2 aromatic carbocycles. The van der Waals surface area contributed by atoms with E-state index >= 15 is 0 Å². The van der Waals surface area contributed by atoms with Crippen LogP contribution >= 0.6 is 11.3 Å². The number of urea groups is 1. The first-order valence-corrected chi connectivity index (χ1v) is 11.0. The van der Waals surface area contributed by atoms with Gasteiger partial charge in [0.15, 0.2) is 0 Å². The lowest BCUT2D eigenvalue weighted by Gasteiger charge is -2.17. The zero-order valence-electron chi connectivity index (χ0n) is 17.3. The summed E-state index contributed by atoms with van der Waals surface area (Å²) in [4.78, 5) is 16.9. The van der Waals surface area contributed by atoms with Crippen LogP contribution < -0.4 is 20.1 Å². The van der Waals surface area contributed by atoms with Gasteiger partial charge in [0.2, 0.25) is 0 Å². The maximum Gasteiger partial charge on any atom is 0.314 e. The van der Waals surface area contributed by atoms with Gasteiger partial charge in [0, 0.05) is 34.4 Å². The van der Waals surface area contributed by atoms with E-state index in [9.17, 15) is 4.79 Å². The minimum absolute atomic E-state index is 0.0810. The Balaban J connectivity index is 1.30. The number of benzene rings is 2. The highest BCUT2D eigenvalue weighted by Gasteiger charge is 2.19. The van der Waals surface area contributed by atoms with E-state index in [0.717, 1.165) is 17.0 Å². The first-order chi connectivity index (χ1) is 15.2. The molecule has 7 heteroatoms. The number of nitrogens with one attached hydrogen (secondary N) is 3. The normalized spacial score (nSPS) is 11.8. The van der Waals surface area contributed by atoms with Gasteiger partial charge in [-0.3, -0.25) is 0 Å². The second-order valence-corrected chi connectivity index (χ2v) is 8.00. The van der Waals surface area contributed by atoms with E-state index in [0.29, 0.717) is 19.7 Å². The summed E-state index contributed by atoms with van der Waals surface area (Å²) in [6.45, 7) is 1.30. The van der Waals surface area contributed by atoms with E-state index in [-0.39, 0.29) is 11.9 Å². The molecule has 1 atom stereocenters. The molecular weight excluding hydrogens is 410 g/mol. The Bertz CT molecular complexity index is 1110. The number of ether oxygens (including phenoxy) is 2. The summed E-state index contributed by atoms with van der Waals surface area (Å²) < 4.78 is 10.8. The first-order valence-electron chi connectivity index (χ1n) is 10.1. The van der Waals surface area contributed by atoms with Crippen molar-refractivity contribution in [2.24, 2.45) is 0 Å². The molecule has 1 unspecified atom stereocenters. The SMILES string of the molecule is COc1ccc(OCCNC(=O)NCC(c2cccs2)c2c[nH]c3ccccc23)cc1. The molecule has 6 nitrogen and oxygen atoms in total. The lowest BCUT2D eigenvalue weighted by Crippen LogP contribution is -2.39. The number of amides is 2. The van der Waals surface area contributed by atoms with Gasteiger partial charge < -0.3 is 25.1 Å². The van der Waals surface area contributed by atoms with Crippen LogP contribution in [0.5, 0.6) is 11.5 Å². The average molecular weight is 436 g/mol. The Morgan fingerprint density at radius 1 is 1.03 bits per heavy atom. The summed E-state index contributed by atoms with van der Waals surface area (Å²) in [6, 6.07) is 19.5. The number of methoxy groups -OCH3 is 1. The second kappa shape index (κ2) is 10.0. The third-order valence-electron chi connectivity index (χ3n) is 5.07. The van der Waals surface area contributed by atoms with Crippen LogP contribution in [0.15, 0.2) is 72.2 Å². The molecule has 0 bridgehead atoms. The Morgan fingerprint density at radius 3 is 2.61 bits per heavy atom. The van der Waals surface area contributed by atoms with Crippen molar-refractivity contribution in [3.8, 4) is 11.5 Å². The van der Waals surface area contributed by atoms with E-state index in [1.165, 1.54) is 15.8 Å². The van der Waals surface area contributed by atoms with Crippen LogP contribution in [0.4, 0.5) is 4.79 Å². The summed E-state index contributed by atoms with van der Waals surface area (Å²) in [5.41, 5.74) is 2.28. The van der Waals surface area contributed by atoms with Crippen molar-refractivity contribution in [3.63, 3.8) is 0 Å². The van der Waals surface area contributed by atoms with Gasteiger partial charge >= 0.3 is 6.03 Å². The average Bonchev–Trinajstić information content (AvgIpc) is 3.48. The van der Waals surface area contributed by atoms with Gasteiger partial charge in [0.25, 0.3) is 0 Å². The second-order valence-electron chi connectivity index (χ2n) is 7.02. The van der Waals surface area contributed by atoms with Gasteiger partial charge in [0.1, 0.15) is 18.1 Å². The number of para-hydroxylation sites is 1. The summed E-state index contributed by atoms with van der Waals surface area (Å²) in [5, 5.41) is 9.10. The molecule has 0 aliphatic rings. The Morgan fingerprint density at radius 2 is 1.84 bits per heavy atom. The molecule has 4 rings (SSSR count). The molecule has 0 radical (unpaired) electrons. The highest BCUT2D eigenvalue weighted by molar-refractivity contribution is 7.10. The number of thiophene rings is 1. The number of fused-ring (bicyclic) bond motifs is 1. The molecule has 0 spiro atoms. The van der Waals surface area contributed by atoms with Gasteiger partial charge in [-0.1, -0.05) is 24.3 Å². The molecule has 0 fully saturated rings. The van der Waals surface area contributed by atoms with Crippen LogP contribution in [-0.4, -0.2) is 37.8 Å². The molecule has 31 heavy (non-hydrogen) atoms. The zero-order chi connectivity index (χ0) is 21.5. The number of H-pyrrole nitrogens is 1. The highest BCUT2D eigenvalue weighted by atomic mass is 32.1. The Kier molecular flexibility index (Phi) is 6.74. The van der Waals surface area contributed by atoms with Crippen LogP contribution in [0.3, 0.4) is 0 Å². The minimum Gasteiger partial charge on any atom is -0.497 e. The molecule has 2 amide bonds. The predicted molar refractivity (Wildman–Crippen MR) is 124 cm³/mol. The van der Waals surface area contributed by atoms with Crippen LogP contribution in [0, 0.1) is 0 Å². The van der Waals surface area contributed by atoms with Crippen molar-refractivity contribution in [2.45, 2.75) is 5.92 Å². The molecule has 0 aliphatic carbocycles. The number of carbonyl (C=O) groups is 1. The summed E-state index contributed by atoms with van der Waals surface area (Å²) in [5.74, 6) is 1.60. The number of aromatic nitrogens is 1. The lowest BCUT2D eigenvalue weighted by molar-refractivity contribution is 0.236. The van der Waals surface area contributed by atoms with Gasteiger partial charge in [-0.05, 0) is 47.3 Å². The number of hydrogen-bond acceptors (Lipinski definition) is 4. The molecule has 0 saturated heterocycles. The van der Waals surface area contributed by atoms with Crippen molar-refractivity contribution in [3.05, 3.63) is 82.7 Å². The molecule has 2 heterocycles. The van der Waals surface area contributed by atoms with E-state index in [1.54, 1.807) is 18.4 Å². The molecule has 3 N–H and O–H groups in total. The van der Waals surface area contributed by atoms with Crippen LogP contribution in [0.1, 0.15) is 16.4 Å². The quantitative estimate of drug-likeness (QED) is 0.332. The molecule has 4 aromatic rings. The van der Waals surface area contributed by atoms with Gasteiger partial charge in [-0.25, -0.2) is 4.79 Å². The number of hydrogen-bond donors (Lipinski definition) is 3. The van der Waals surface area contributed by atoms with E-state index in [4.69, 9.17) is 9.47 Å². The van der Waals surface area contributed by atoms with Crippen LogP contribution in [0.2, 0.25) is 0 Å². The molecule has 0 saturated carbocycles. The van der Waals surface area contributed by atoms with Crippen LogP contribution in [-0.2, 0) is 0 Å². The third kappa shape index (κ3) is 5.19. The third-order valence-corrected chi connectivity index (χ3v) is 6.05. The van der Waals surface area contributed by atoms with E-state index in [2.05, 4.69) is 39.2 Å². The molecule has 0 aliphatic heterocycles. The Labute approximate surface area is 185 Å². The van der Waals surface area contributed by atoms with Gasteiger partial charge in [-0.15, -0.1) is 11.3 Å². The largest absolute Gasteiger partial charge is 0.497 e. The number of aromatic amines is 1. The summed E-state index contributed by atoms with van der Waals surface area (Å²) >= 11 is 1.70. The molecule has 2 aromatic heterocycles. The van der Waals surface area contributed by atoms with Gasteiger partial charge in [0.05, 0.1) is 13.7 Å². The predicted octanol–water partition coefficient (Wildman–Crippen LogP) is 4.75. The summed E-state index contributed by atoms with van der Waals surface area (Å²) in [6.07, 6.45) is 2.04. The smallest absolute Gasteiger partial charge is 0.314 e. The van der Waals surface area contributed by atoms with E-state index in [1.807, 2.05) is 48.7 Å². The Hall–Kier alpha value is -3.45. The van der Waals surface area contributed by atoms with Gasteiger partial charge in [-0.2, -0.15) is 0 Å². The van der Waals surface area contributed by atoms with Crippen molar-refractivity contribution < 1.29 is 14.3 Å². The topological polar surface area (TPSA) is 75.4 Å². The maximum absolute atomic E-state index is 12.3. The maximum atomic E-state index is 12.3.